The first-order valence-electron chi connectivity index (χ1n) is 7.24. The van der Waals surface area contributed by atoms with Gasteiger partial charge >= 0.3 is 0 Å². The van der Waals surface area contributed by atoms with Crippen molar-refractivity contribution in [2.75, 3.05) is 11.6 Å². The predicted molar refractivity (Wildman–Crippen MR) is 92.5 cm³/mol. The van der Waals surface area contributed by atoms with Crippen LogP contribution in [0.15, 0.2) is 53.6 Å². The van der Waals surface area contributed by atoms with E-state index >= 15 is 0 Å². The lowest BCUT2D eigenvalue weighted by atomic mass is 9.98. The van der Waals surface area contributed by atoms with Crippen LogP contribution in [0.5, 0.6) is 0 Å². The maximum absolute atomic E-state index is 6.16. The third-order valence-corrected chi connectivity index (χ3v) is 4.98. The van der Waals surface area contributed by atoms with Gasteiger partial charge in [-0.25, -0.2) is 9.99 Å². The van der Waals surface area contributed by atoms with Crippen molar-refractivity contribution in [3.63, 3.8) is 0 Å². The molecule has 22 heavy (non-hydrogen) atoms. The van der Waals surface area contributed by atoms with Gasteiger partial charge in [-0.1, -0.05) is 53.3 Å². The Balaban J connectivity index is 1.64. The van der Waals surface area contributed by atoms with E-state index in [-0.39, 0.29) is 5.92 Å². The van der Waals surface area contributed by atoms with E-state index in [9.17, 15) is 0 Å². The maximum atomic E-state index is 6.16. The molecule has 0 fully saturated rings. The van der Waals surface area contributed by atoms with Crippen LogP contribution in [0.1, 0.15) is 17.0 Å². The van der Waals surface area contributed by atoms with Crippen molar-refractivity contribution < 1.29 is 0 Å². The second kappa shape index (κ2) is 5.10. The predicted octanol–water partition coefficient (Wildman–Crippen LogP) is 3.48. The lowest BCUT2D eigenvalue weighted by molar-refractivity contribution is 0.846. The van der Waals surface area contributed by atoms with Gasteiger partial charge in [-0.15, -0.1) is 0 Å². The fourth-order valence-electron chi connectivity index (χ4n) is 2.68. The molecule has 2 N–H and O–H groups in total. The number of thiazole rings is 1. The van der Waals surface area contributed by atoms with Crippen LogP contribution in [0.2, 0.25) is 0 Å². The number of amidine groups is 1. The molecule has 3 aromatic rings. The lowest BCUT2D eigenvalue weighted by Gasteiger charge is -2.13. The molecule has 5 heteroatoms. The zero-order valence-corrected chi connectivity index (χ0v) is 13.0. The Morgan fingerprint density at radius 1 is 1.14 bits per heavy atom. The van der Waals surface area contributed by atoms with E-state index in [0.29, 0.717) is 5.84 Å². The van der Waals surface area contributed by atoms with Gasteiger partial charge in [0.25, 0.3) is 0 Å². The van der Waals surface area contributed by atoms with E-state index < -0.39 is 0 Å². The zero-order chi connectivity index (χ0) is 15.1. The third kappa shape index (κ3) is 2.23. The van der Waals surface area contributed by atoms with E-state index in [1.807, 2.05) is 23.2 Å². The van der Waals surface area contributed by atoms with Gasteiger partial charge in [0.05, 0.1) is 22.7 Å². The zero-order valence-electron chi connectivity index (χ0n) is 12.2. The Morgan fingerprint density at radius 2 is 1.91 bits per heavy atom. The summed E-state index contributed by atoms with van der Waals surface area (Å²) in [5.41, 5.74) is 9.62. The molecule has 110 valence electrons. The van der Waals surface area contributed by atoms with Crippen molar-refractivity contribution in [1.82, 2.24) is 4.98 Å². The average molecular weight is 308 g/mol. The quantitative estimate of drug-likeness (QED) is 0.788. The SMILES string of the molecule is Cc1ccc(C2CN(c3nc4ccccc4s3)N=C2N)cc1. The molecule has 0 saturated carbocycles. The molecule has 1 aliphatic rings. The van der Waals surface area contributed by atoms with Gasteiger partial charge in [-0.3, -0.25) is 0 Å². The highest BCUT2D eigenvalue weighted by Crippen LogP contribution is 2.33. The number of hydrogen-bond donors (Lipinski definition) is 1. The number of aryl methyl sites for hydroxylation is 1. The first-order valence-corrected chi connectivity index (χ1v) is 8.06. The molecule has 0 saturated heterocycles. The van der Waals surface area contributed by atoms with Crippen LogP contribution in [0.3, 0.4) is 0 Å². The van der Waals surface area contributed by atoms with E-state index in [2.05, 4.69) is 47.3 Å². The summed E-state index contributed by atoms with van der Waals surface area (Å²) in [6.45, 7) is 2.83. The minimum Gasteiger partial charge on any atom is -0.385 e. The van der Waals surface area contributed by atoms with Crippen molar-refractivity contribution in [2.45, 2.75) is 12.8 Å². The van der Waals surface area contributed by atoms with Crippen LogP contribution in [0.25, 0.3) is 10.2 Å². The maximum Gasteiger partial charge on any atom is 0.207 e. The third-order valence-electron chi connectivity index (χ3n) is 3.93. The van der Waals surface area contributed by atoms with Gasteiger partial charge in [0.15, 0.2) is 0 Å². The molecule has 1 aromatic heterocycles. The minimum absolute atomic E-state index is 0.132. The molecule has 2 aromatic carbocycles. The van der Waals surface area contributed by atoms with Crippen molar-refractivity contribution >= 4 is 32.5 Å². The molecular formula is C17H16N4S. The normalized spacial score (nSPS) is 18.0. The number of anilines is 1. The highest BCUT2D eigenvalue weighted by molar-refractivity contribution is 7.22. The molecule has 1 unspecified atom stereocenters. The van der Waals surface area contributed by atoms with E-state index in [0.717, 1.165) is 17.2 Å². The molecule has 2 heterocycles. The van der Waals surface area contributed by atoms with Gasteiger partial charge in [-0.2, -0.15) is 5.10 Å². The number of fused-ring (bicyclic) bond motifs is 1. The van der Waals surface area contributed by atoms with Crippen LogP contribution in [-0.4, -0.2) is 17.4 Å². The summed E-state index contributed by atoms with van der Waals surface area (Å²) in [6.07, 6.45) is 0. The number of aromatic nitrogens is 1. The van der Waals surface area contributed by atoms with E-state index in [1.54, 1.807) is 11.3 Å². The highest BCUT2D eigenvalue weighted by atomic mass is 32.1. The second-order valence-corrected chi connectivity index (χ2v) is 6.54. The van der Waals surface area contributed by atoms with Gasteiger partial charge in [0.2, 0.25) is 5.13 Å². The molecule has 0 bridgehead atoms. The fraction of sp³-hybridized carbons (Fsp3) is 0.176. The van der Waals surface area contributed by atoms with Crippen molar-refractivity contribution in [1.29, 1.82) is 0 Å². The first kappa shape index (κ1) is 13.3. The molecule has 0 aliphatic carbocycles. The molecule has 4 nitrogen and oxygen atoms in total. The molecule has 4 rings (SSSR count). The molecule has 0 spiro atoms. The molecule has 1 aliphatic heterocycles. The number of hydrogen-bond acceptors (Lipinski definition) is 5. The Hall–Kier alpha value is -2.40. The smallest absolute Gasteiger partial charge is 0.207 e. The number of hydrazone groups is 1. The highest BCUT2D eigenvalue weighted by Gasteiger charge is 2.28. The number of nitrogens with zero attached hydrogens (tertiary/aromatic N) is 3. The van der Waals surface area contributed by atoms with Crippen molar-refractivity contribution in [2.24, 2.45) is 10.8 Å². The van der Waals surface area contributed by atoms with Gasteiger partial charge in [-0.05, 0) is 24.6 Å². The van der Waals surface area contributed by atoms with Crippen LogP contribution in [0.4, 0.5) is 5.13 Å². The Morgan fingerprint density at radius 3 is 2.68 bits per heavy atom. The minimum atomic E-state index is 0.132. The van der Waals surface area contributed by atoms with Gasteiger partial charge in [0.1, 0.15) is 5.84 Å². The lowest BCUT2D eigenvalue weighted by Crippen LogP contribution is -2.21. The monoisotopic (exact) mass is 308 g/mol. The number of para-hydroxylation sites is 1. The van der Waals surface area contributed by atoms with Crippen molar-refractivity contribution in [3.8, 4) is 0 Å². The summed E-state index contributed by atoms with van der Waals surface area (Å²) < 4.78 is 1.17. The van der Waals surface area contributed by atoms with E-state index in [1.165, 1.54) is 15.8 Å². The summed E-state index contributed by atoms with van der Waals surface area (Å²) in [4.78, 5) is 4.65. The molecular weight excluding hydrogens is 292 g/mol. The second-order valence-electron chi connectivity index (χ2n) is 5.53. The topological polar surface area (TPSA) is 54.5 Å². The standard InChI is InChI=1S/C17H16N4S/c1-11-6-8-12(9-7-11)13-10-21(20-16(13)18)17-19-14-4-2-3-5-15(14)22-17/h2-9,13H,10H2,1H3,(H2,18,20). The molecule has 0 amide bonds. The Bertz CT molecular complexity index is 817. The van der Waals surface area contributed by atoms with Crippen LogP contribution in [-0.2, 0) is 0 Å². The molecule has 0 radical (unpaired) electrons. The number of nitrogens with two attached hydrogens (primary N) is 1. The summed E-state index contributed by atoms with van der Waals surface area (Å²) in [5.74, 6) is 0.788. The summed E-state index contributed by atoms with van der Waals surface area (Å²) in [7, 11) is 0. The van der Waals surface area contributed by atoms with Gasteiger partial charge in [0, 0.05) is 0 Å². The Labute approximate surface area is 132 Å². The largest absolute Gasteiger partial charge is 0.385 e. The summed E-state index contributed by atoms with van der Waals surface area (Å²) in [6, 6.07) is 16.6. The molecule has 1 atom stereocenters. The Kier molecular flexibility index (Phi) is 3.08. The van der Waals surface area contributed by atoms with Crippen LogP contribution < -0.4 is 10.7 Å². The van der Waals surface area contributed by atoms with E-state index in [4.69, 9.17) is 5.73 Å². The fourth-order valence-corrected chi connectivity index (χ4v) is 3.61. The van der Waals surface area contributed by atoms with Crippen LogP contribution in [0, 0.1) is 6.92 Å². The average Bonchev–Trinajstić information content (AvgIpc) is 3.11. The number of benzene rings is 2. The van der Waals surface area contributed by atoms with Gasteiger partial charge < -0.3 is 5.73 Å². The van der Waals surface area contributed by atoms with Crippen LogP contribution >= 0.6 is 11.3 Å². The van der Waals surface area contributed by atoms with Crippen molar-refractivity contribution in [3.05, 3.63) is 59.7 Å². The summed E-state index contributed by atoms with van der Waals surface area (Å²) in [5, 5.41) is 7.33. The summed E-state index contributed by atoms with van der Waals surface area (Å²) >= 11 is 1.65. The number of rotatable bonds is 2. The first-order chi connectivity index (χ1) is 10.7.